The number of amides is 1. The van der Waals surface area contributed by atoms with Gasteiger partial charge in [0, 0.05) is 0 Å². The number of rotatable bonds is 1. The molecule has 2 N–H and O–H groups in total. The number of carbonyl (C=O) groups excluding carboxylic acids is 1. The lowest BCUT2D eigenvalue weighted by molar-refractivity contribution is -0.114. The summed E-state index contributed by atoms with van der Waals surface area (Å²) < 4.78 is 0. The second-order valence-electron chi connectivity index (χ2n) is 3.09. The van der Waals surface area contributed by atoms with E-state index in [0.29, 0.717) is 6.54 Å². The van der Waals surface area contributed by atoms with Crippen LogP contribution in [-0.4, -0.2) is 12.5 Å². The Bertz CT molecular complexity index is 347. The molecule has 0 unspecified atom stereocenters. The third kappa shape index (κ3) is 1.37. The van der Waals surface area contributed by atoms with E-state index in [-0.39, 0.29) is 5.91 Å². The van der Waals surface area contributed by atoms with Crippen LogP contribution in [0.2, 0.25) is 0 Å². The largest absolute Gasteiger partial charge is 0.374 e. The molecular weight excluding hydrogens is 164 g/mol. The molecule has 3 heteroatoms. The maximum Gasteiger partial charge on any atom is 0.243 e. The van der Waals surface area contributed by atoms with E-state index < -0.39 is 0 Å². The highest BCUT2D eigenvalue weighted by molar-refractivity contribution is 6.01. The minimum atomic E-state index is 0.0285. The third-order valence-electron chi connectivity index (χ3n) is 2.23. The number of hydrogen-bond donors (Lipinski definition) is 2. The van der Waals surface area contributed by atoms with Crippen molar-refractivity contribution in [2.24, 2.45) is 0 Å². The van der Waals surface area contributed by atoms with Gasteiger partial charge in [-0.25, -0.2) is 0 Å². The van der Waals surface area contributed by atoms with E-state index in [4.69, 9.17) is 0 Å². The zero-order valence-electron chi connectivity index (χ0n) is 7.55. The SMILES string of the molecule is CCc1cccc2c1NCC(=O)N2. The smallest absolute Gasteiger partial charge is 0.243 e. The van der Waals surface area contributed by atoms with Gasteiger partial charge in [0.2, 0.25) is 5.91 Å². The number of nitrogens with one attached hydrogen (secondary N) is 2. The van der Waals surface area contributed by atoms with Crippen LogP contribution in [-0.2, 0) is 11.2 Å². The van der Waals surface area contributed by atoms with Crippen molar-refractivity contribution in [2.45, 2.75) is 13.3 Å². The number of fused-ring (bicyclic) bond motifs is 1. The Morgan fingerprint density at radius 1 is 1.46 bits per heavy atom. The van der Waals surface area contributed by atoms with Gasteiger partial charge in [0.05, 0.1) is 17.9 Å². The first-order valence-corrected chi connectivity index (χ1v) is 4.47. The van der Waals surface area contributed by atoms with Crippen molar-refractivity contribution in [1.29, 1.82) is 0 Å². The van der Waals surface area contributed by atoms with Crippen molar-refractivity contribution in [3.8, 4) is 0 Å². The molecule has 1 aliphatic rings. The van der Waals surface area contributed by atoms with Gasteiger partial charge in [0.15, 0.2) is 0 Å². The first-order valence-electron chi connectivity index (χ1n) is 4.47. The minimum Gasteiger partial charge on any atom is -0.374 e. The zero-order valence-corrected chi connectivity index (χ0v) is 7.55. The van der Waals surface area contributed by atoms with E-state index in [9.17, 15) is 4.79 Å². The summed E-state index contributed by atoms with van der Waals surface area (Å²) in [6.07, 6.45) is 0.978. The average molecular weight is 176 g/mol. The number of carbonyl (C=O) groups is 1. The van der Waals surface area contributed by atoms with Gasteiger partial charge in [-0.3, -0.25) is 4.79 Å². The van der Waals surface area contributed by atoms with Crippen LogP contribution in [0.5, 0.6) is 0 Å². The summed E-state index contributed by atoms with van der Waals surface area (Å²) in [7, 11) is 0. The topological polar surface area (TPSA) is 41.1 Å². The highest BCUT2D eigenvalue weighted by atomic mass is 16.2. The van der Waals surface area contributed by atoms with Crippen molar-refractivity contribution < 1.29 is 4.79 Å². The van der Waals surface area contributed by atoms with Crippen LogP contribution in [0.15, 0.2) is 18.2 Å². The van der Waals surface area contributed by atoms with Crippen LogP contribution in [0, 0.1) is 0 Å². The lowest BCUT2D eigenvalue weighted by Gasteiger charge is -2.20. The molecule has 1 amide bonds. The first kappa shape index (κ1) is 8.10. The predicted molar refractivity (Wildman–Crippen MR) is 52.9 cm³/mol. The van der Waals surface area contributed by atoms with E-state index >= 15 is 0 Å². The van der Waals surface area contributed by atoms with Crippen LogP contribution in [0.3, 0.4) is 0 Å². The van der Waals surface area contributed by atoms with Crippen LogP contribution >= 0.6 is 0 Å². The van der Waals surface area contributed by atoms with Gasteiger partial charge in [-0.1, -0.05) is 19.1 Å². The summed E-state index contributed by atoms with van der Waals surface area (Å²) in [5.41, 5.74) is 3.22. The summed E-state index contributed by atoms with van der Waals surface area (Å²) in [5.74, 6) is 0.0285. The van der Waals surface area contributed by atoms with Gasteiger partial charge in [-0.05, 0) is 18.1 Å². The second kappa shape index (κ2) is 3.09. The Morgan fingerprint density at radius 3 is 3.08 bits per heavy atom. The molecule has 0 saturated carbocycles. The van der Waals surface area contributed by atoms with Crippen molar-refractivity contribution in [1.82, 2.24) is 0 Å². The molecule has 3 nitrogen and oxygen atoms in total. The summed E-state index contributed by atoms with van der Waals surface area (Å²) in [4.78, 5) is 11.1. The van der Waals surface area contributed by atoms with Crippen LogP contribution in [0.25, 0.3) is 0 Å². The summed E-state index contributed by atoms with van der Waals surface area (Å²) in [6, 6.07) is 5.95. The highest BCUT2D eigenvalue weighted by Crippen LogP contribution is 2.28. The van der Waals surface area contributed by atoms with Crippen molar-refractivity contribution >= 4 is 17.3 Å². The molecule has 0 bridgehead atoms. The maximum atomic E-state index is 11.1. The number of para-hydroxylation sites is 1. The zero-order chi connectivity index (χ0) is 9.26. The molecule has 1 aromatic rings. The van der Waals surface area contributed by atoms with Gasteiger partial charge >= 0.3 is 0 Å². The normalized spacial score (nSPS) is 14.4. The molecule has 68 valence electrons. The van der Waals surface area contributed by atoms with Gasteiger partial charge in [0.1, 0.15) is 0 Å². The van der Waals surface area contributed by atoms with Gasteiger partial charge < -0.3 is 10.6 Å². The lowest BCUT2D eigenvalue weighted by atomic mass is 10.1. The highest BCUT2D eigenvalue weighted by Gasteiger charge is 2.15. The summed E-state index contributed by atoms with van der Waals surface area (Å²) in [6.45, 7) is 2.48. The quantitative estimate of drug-likeness (QED) is 0.682. The summed E-state index contributed by atoms with van der Waals surface area (Å²) >= 11 is 0. The van der Waals surface area contributed by atoms with Gasteiger partial charge in [-0.15, -0.1) is 0 Å². The minimum absolute atomic E-state index is 0.0285. The lowest BCUT2D eigenvalue weighted by Crippen LogP contribution is -2.27. The molecule has 1 aromatic carbocycles. The number of hydrogen-bond acceptors (Lipinski definition) is 2. The average Bonchev–Trinajstić information content (AvgIpc) is 2.16. The molecule has 0 fully saturated rings. The molecule has 0 spiro atoms. The first-order chi connectivity index (χ1) is 6.31. The Hall–Kier alpha value is -1.51. The van der Waals surface area contributed by atoms with Crippen LogP contribution in [0.4, 0.5) is 11.4 Å². The fraction of sp³-hybridized carbons (Fsp3) is 0.300. The fourth-order valence-corrected chi connectivity index (χ4v) is 1.57. The van der Waals surface area contributed by atoms with Crippen molar-refractivity contribution in [3.63, 3.8) is 0 Å². The Labute approximate surface area is 77.1 Å². The molecule has 0 atom stereocenters. The van der Waals surface area contributed by atoms with E-state index in [2.05, 4.69) is 23.6 Å². The molecule has 0 aliphatic carbocycles. The fourth-order valence-electron chi connectivity index (χ4n) is 1.57. The molecule has 0 saturated heterocycles. The van der Waals surface area contributed by atoms with Gasteiger partial charge in [0.25, 0.3) is 0 Å². The molecule has 0 aromatic heterocycles. The monoisotopic (exact) mass is 176 g/mol. The molecular formula is C10H12N2O. The van der Waals surface area contributed by atoms with Crippen LogP contribution in [0.1, 0.15) is 12.5 Å². The van der Waals surface area contributed by atoms with E-state index in [1.165, 1.54) is 5.56 Å². The van der Waals surface area contributed by atoms with Crippen LogP contribution < -0.4 is 10.6 Å². The third-order valence-corrected chi connectivity index (χ3v) is 2.23. The Kier molecular flexibility index (Phi) is 1.93. The van der Waals surface area contributed by atoms with Gasteiger partial charge in [-0.2, -0.15) is 0 Å². The molecule has 13 heavy (non-hydrogen) atoms. The number of aryl methyl sites for hydroxylation is 1. The second-order valence-corrected chi connectivity index (χ2v) is 3.09. The van der Waals surface area contributed by atoms with E-state index in [1.54, 1.807) is 0 Å². The number of benzene rings is 1. The molecule has 0 radical (unpaired) electrons. The predicted octanol–water partition coefficient (Wildman–Crippen LogP) is 1.61. The van der Waals surface area contributed by atoms with Crippen molar-refractivity contribution in [2.75, 3.05) is 17.2 Å². The Balaban J connectivity index is 2.45. The summed E-state index contributed by atoms with van der Waals surface area (Å²) in [5, 5.41) is 5.95. The molecule has 1 heterocycles. The molecule has 1 aliphatic heterocycles. The standard InChI is InChI=1S/C10H12N2O/c1-2-7-4-3-5-8-10(7)11-6-9(13)12-8/h3-5,11H,2,6H2,1H3,(H,12,13). The Morgan fingerprint density at radius 2 is 2.31 bits per heavy atom. The maximum absolute atomic E-state index is 11.1. The van der Waals surface area contributed by atoms with Crippen molar-refractivity contribution in [3.05, 3.63) is 23.8 Å². The van der Waals surface area contributed by atoms with E-state index in [1.807, 2.05) is 12.1 Å². The number of anilines is 2. The molecule has 2 rings (SSSR count). The van der Waals surface area contributed by atoms with E-state index in [0.717, 1.165) is 17.8 Å².